The van der Waals surface area contributed by atoms with Crippen molar-refractivity contribution >= 4 is 38.4 Å². The molecule has 2 aromatic carbocycles. The van der Waals surface area contributed by atoms with Crippen molar-refractivity contribution < 1.29 is 0 Å². The molecule has 0 aliphatic carbocycles. The molecular weight excluding hydrogens is 400 g/mol. The summed E-state index contributed by atoms with van der Waals surface area (Å²) in [7, 11) is 0. The largest absolute Gasteiger partial charge is 0.321 e. The van der Waals surface area contributed by atoms with Gasteiger partial charge in [0.2, 0.25) is 0 Å². The molecule has 2 heterocycles. The van der Waals surface area contributed by atoms with E-state index in [4.69, 9.17) is 11.6 Å². The van der Waals surface area contributed by atoms with Crippen LogP contribution in [-0.4, -0.2) is 9.97 Å². The average molecular weight is 412 g/mol. The highest BCUT2D eigenvalue weighted by Gasteiger charge is 2.17. The maximum absolute atomic E-state index is 12.9. The van der Waals surface area contributed by atoms with Gasteiger partial charge in [0, 0.05) is 43.9 Å². The fourth-order valence-electron chi connectivity index (χ4n) is 2.99. The van der Waals surface area contributed by atoms with Crippen LogP contribution in [-0.2, 0) is 0 Å². The second-order valence-corrected chi connectivity index (χ2v) is 7.00. The minimum Gasteiger partial charge on any atom is -0.321 e. The van der Waals surface area contributed by atoms with Gasteiger partial charge < -0.3 is 4.98 Å². The van der Waals surface area contributed by atoms with Crippen LogP contribution < -0.4 is 5.56 Å². The second-order valence-electron chi connectivity index (χ2n) is 5.65. The van der Waals surface area contributed by atoms with Crippen LogP contribution in [0.2, 0.25) is 5.02 Å². The smallest absolute Gasteiger partial charge is 0.256 e. The van der Waals surface area contributed by atoms with Crippen molar-refractivity contribution in [2.24, 2.45) is 0 Å². The molecule has 0 atom stereocenters. The van der Waals surface area contributed by atoms with Gasteiger partial charge in [-0.1, -0.05) is 41.9 Å². The molecule has 1 N–H and O–H groups in total. The molecule has 0 spiro atoms. The van der Waals surface area contributed by atoms with Crippen molar-refractivity contribution in [3.05, 3.63) is 86.8 Å². The Morgan fingerprint density at radius 3 is 2.48 bits per heavy atom. The van der Waals surface area contributed by atoms with E-state index in [-0.39, 0.29) is 5.56 Å². The van der Waals surface area contributed by atoms with Crippen molar-refractivity contribution in [2.45, 2.75) is 0 Å². The van der Waals surface area contributed by atoms with Crippen LogP contribution in [0.25, 0.3) is 33.2 Å². The molecule has 0 saturated carbocycles. The Hall–Kier alpha value is -2.43. The third kappa shape index (κ3) is 2.99. The van der Waals surface area contributed by atoms with E-state index in [1.807, 2.05) is 48.5 Å². The Morgan fingerprint density at radius 2 is 1.72 bits per heavy atom. The number of benzene rings is 2. The third-order valence-electron chi connectivity index (χ3n) is 4.03. The van der Waals surface area contributed by atoms with Gasteiger partial charge in [0.05, 0.1) is 5.56 Å². The molecule has 0 saturated heterocycles. The molecule has 0 fully saturated rings. The first-order valence-corrected chi connectivity index (χ1v) is 8.82. The summed E-state index contributed by atoms with van der Waals surface area (Å²) in [5.41, 5.74) is 3.72. The van der Waals surface area contributed by atoms with Gasteiger partial charge in [-0.15, -0.1) is 0 Å². The first-order chi connectivity index (χ1) is 12.1. The standard InChI is InChI=1S/C20H12BrClN2O/c21-14-8-13(10-23-11-14)19-18(12-4-2-1-3-5-12)16-9-15(22)6-7-17(16)24-20(19)25/h1-11H,(H,24,25). The van der Waals surface area contributed by atoms with Crippen LogP contribution in [0.15, 0.2) is 76.3 Å². The lowest BCUT2D eigenvalue weighted by Crippen LogP contribution is -2.11. The Balaban J connectivity index is 2.18. The quantitative estimate of drug-likeness (QED) is 0.462. The normalized spacial score (nSPS) is 11.0. The summed E-state index contributed by atoms with van der Waals surface area (Å²) in [5.74, 6) is 0. The molecule has 0 amide bonds. The summed E-state index contributed by atoms with van der Waals surface area (Å²) in [4.78, 5) is 20.1. The van der Waals surface area contributed by atoms with Gasteiger partial charge in [-0.3, -0.25) is 9.78 Å². The van der Waals surface area contributed by atoms with Gasteiger partial charge in [0.25, 0.3) is 5.56 Å². The van der Waals surface area contributed by atoms with Gasteiger partial charge in [0.15, 0.2) is 0 Å². The van der Waals surface area contributed by atoms with Crippen molar-refractivity contribution in [1.82, 2.24) is 9.97 Å². The van der Waals surface area contributed by atoms with Crippen LogP contribution in [0.4, 0.5) is 0 Å². The predicted molar refractivity (Wildman–Crippen MR) is 106 cm³/mol. The summed E-state index contributed by atoms with van der Waals surface area (Å²) in [6.07, 6.45) is 3.38. The Morgan fingerprint density at radius 1 is 0.920 bits per heavy atom. The molecule has 5 heteroatoms. The van der Waals surface area contributed by atoms with Crippen LogP contribution >= 0.6 is 27.5 Å². The van der Waals surface area contributed by atoms with Gasteiger partial charge in [-0.05, 0) is 45.8 Å². The highest BCUT2D eigenvalue weighted by molar-refractivity contribution is 9.10. The molecule has 122 valence electrons. The van der Waals surface area contributed by atoms with E-state index in [0.29, 0.717) is 10.6 Å². The number of pyridine rings is 2. The summed E-state index contributed by atoms with van der Waals surface area (Å²) in [6.45, 7) is 0. The molecule has 25 heavy (non-hydrogen) atoms. The molecule has 4 aromatic rings. The summed E-state index contributed by atoms with van der Waals surface area (Å²) in [6, 6.07) is 17.2. The van der Waals surface area contributed by atoms with Crippen LogP contribution in [0.1, 0.15) is 0 Å². The van der Waals surface area contributed by atoms with Gasteiger partial charge >= 0.3 is 0 Å². The lowest BCUT2D eigenvalue weighted by atomic mass is 9.93. The number of fused-ring (bicyclic) bond motifs is 1. The summed E-state index contributed by atoms with van der Waals surface area (Å²) >= 11 is 9.66. The monoisotopic (exact) mass is 410 g/mol. The zero-order valence-corrected chi connectivity index (χ0v) is 15.3. The molecule has 0 aliphatic heterocycles. The van der Waals surface area contributed by atoms with E-state index in [9.17, 15) is 4.79 Å². The van der Waals surface area contributed by atoms with E-state index in [1.165, 1.54) is 0 Å². The fraction of sp³-hybridized carbons (Fsp3) is 0. The summed E-state index contributed by atoms with van der Waals surface area (Å²) in [5, 5.41) is 1.52. The zero-order valence-electron chi connectivity index (χ0n) is 13.0. The van der Waals surface area contributed by atoms with Crippen molar-refractivity contribution in [2.75, 3.05) is 0 Å². The lowest BCUT2D eigenvalue weighted by molar-refractivity contribution is 1.27. The fourth-order valence-corrected chi connectivity index (χ4v) is 3.53. The van der Waals surface area contributed by atoms with E-state index < -0.39 is 0 Å². The van der Waals surface area contributed by atoms with E-state index >= 15 is 0 Å². The number of halogens is 2. The average Bonchev–Trinajstić information content (AvgIpc) is 2.62. The lowest BCUT2D eigenvalue weighted by Gasteiger charge is -2.13. The third-order valence-corrected chi connectivity index (χ3v) is 4.70. The number of H-pyrrole nitrogens is 1. The molecule has 3 nitrogen and oxygen atoms in total. The number of hydrogen-bond donors (Lipinski definition) is 1. The molecule has 4 rings (SSSR count). The maximum atomic E-state index is 12.9. The number of aromatic nitrogens is 2. The van der Waals surface area contributed by atoms with E-state index in [0.717, 1.165) is 32.1 Å². The van der Waals surface area contributed by atoms with Gasteiger partial charge in [0.1, 0.15) is 0 Å². The molecule has 0 bridgehead atoms. The summed E-state index contributed by atoms with van der Waals surface area (Å²) < 4.78 is 0.814. The molecule has 0 unspecified atom stereocenters. The van der Waals surface area contributed by atoms with Crippen molar-refractivity contribution in [3.8, 4) is 22.3 Å². The van der Waals surface area contributed by atoms with Gasteiger partial charge in [-0.25, -0.2) is 0 Å². The molecule has 0 radical (unpaired) electrons. The highest BCUT2D eigenvalue weighted by Crippen LogP contribution is 2.36. The van der Waals surface area contributed by atoms with E-state index in [2.05, 4.69) is 25.9 Å². The van der Waals surface area contributed by atoms with Crippen molar-refractivity contribution in [1.29, 1.82) is 0 Å². The minimum atomic E-state index is -0.159. The maximum Gasteiger partial charge on any atom is 0.256 e. The Labute approximate surface area is 157 Å². The SMILES string of the molecule is O=c1[nH]c2ccc(Cl)cc2c(-c2ccccc2)c1-c1cncc(Br)c1. The second kappa shape index (κ2) is 6.47. The number of aromatic amines is 1. The molecule has 2 aromatic heterocycles. The number of rotatable bonds is 2. The number of nitrogens with one attached hydrogen (secondary N) is 1. The highest BCUT2D eigenvalue weighted by atomic mass is 79.9. The van der Waals surface area contributed by atoms with E-state index in [1.54, 1.807) is 18.5 Å². The molecular formula is C20H12BrClN2O. The van der Waals surface area contributed by atoms with Crippen LogP contribution in [0.3, 0.4) is 0 Å². The van der Waals surface area contributed by atoms with Gasteiger partial charge in [-0.2, -0.15) is 0 Å². The first-order valence-electron chi connectivity index (χ1n) is 7.65. The zero-order chi connectivity index (χ0) is 17.4. The molecule has 0 aliphatic rings. The van der Waals surface area contributed by atoms with Crippen molar-refractivity contribution in [3.63, 3.8) is 0 Å². The first kappa shape index (κ1) is 16.1. The number of hydrogen-bond acceptors (Lipinski definition) is 2. The number of nitrogens with zero attached hydrogens (tertiary/aromatic N) is 1. The predicted octanol–water partition coefficient (Wildman–Crippen LogP) is 5.67. The van der Waals surface area contributed by atoms with Crippen LogP contribution in [0, 0.1) is 0 Å². The minimum absolute atomic E-state index is 0.159. The Bertz CT molecular complexity index is 1140. The topological polar surface area (TPSA) is 45.8 Å². The van der Waals surface area contributed by atoms with Crippen LogP contribution in [0.5, 0.6) is 0 Å². The Kier molecular flexibility index (Phi) is 4.15.